The molecular formula is C18H15FN2O2. The maximum Gasteiger partial charge on any atom is 0.247 e. The molecule has 0 spiro atoms. The van der Waals surface area contributed by atoms with Crippen LogP contribution in [0.1, 0.15) is 0 Å². The van der Waals surface area contributed by atoms with E-state index in [1.807, 2.05) is 0 Å². The number of aromatic nitrogens is 1. The van der Waals surface area contributed by atoms with Crippen LogP contribution < -0.4 is 15.2 Å². The van der Waals surface area contributed by atoms with Crippen LogP contribution in [-0.4, -0.2) is 7.11 Å². The SMILES string of the molecule is COc1cccc(-c2c(N)c(-c3ccccc3F)cc[n+]2[O-])c1. The van der Waals surface area contributed by atoms with Gasteiger partial charge < -0.3 is 15.7 Å². The Morgan fingerprint density at radius 1 is 1.04 bits per heavy atom. The number of methoxy groups -OCH3 is 1. The fraction of sp³-hybridized carbons (Fsp3) is 0.0556. The van der Waals surface area contributed by atoms with Gasteiger partial charge in [-0.3, -0.25) is 0 Å². The van der Waals surface area contributed by atoms with Crippen LogP contribution in [0, 0.1) is 11.0 Å². The van der Waals surface area contributed by atoms with E-state index in [0.29, 0.717) is 27.2 Å². The lowest BCUT2D eigenvalue weighted by Crippen LogP contribution is -2.30. The molecule has 4 nitrogen and oxygen atoms in total. The number of rotatable bonds is 3. The van der Waals surface area contributed by atoms with Gasteiger partial charge in [0.2, 0.25) is 5.69 Å². The Bertz CT molecular complexity index is 865. The Hall–Kier alpha value is -3.08. The summed E-state index contributed by atoms with van der Waals surface area (Å²) in [6.07, 6.45) is 1.33. The average Bonchev–Trinajstić information content (AvgIpc) is 2.56. The van der Waals surface area contributed by atoms with Crippen molar-refractivity contribution < 1.29 is 13.9 Å². The summed E-state index contributed by atoms with van der Waals surface area (Å²) in [4.78, 5) is 0. The first-order valence-electron chi connectivity index (χ1n) is 7.03. The van der Waals surface area contributed by atoms with Gasteiger partial charge in [-0.15, -0.1) is 0 Å². The van der Waals surface area contributed by atoms with Gasteiger partial charge in [-0.05, 0) is 24.3 Å². The summed E-state index contributed by atoms with van der Waals surface area (Å²) in [6, 6.07) is 14.8. The second-order valence-corrected chi connectivity index (χ2v) is 5.03. The number of pyridine rings is 1. The summed E-state index contributed by atoms with van der Waals surface area (Å²) in [7, 11) is 1.55. The highest BCUT2D eigenvalue weighted by molar-refractivity contribution is 5.85. The van der Waals surface area contributed by atoms with E-state index in [9.17, 15) is 9.60 Å². The molecule has 0 atom stereocenters. The molecule has 0 saturated heterocycles. The third-order valence-corrected chi connectivity index (χ3v) is 3.65. The van der Waals surface area contributed by atoms with Crippen molar-refractivity contribution >= 4 is 5.69 Å². The van der Waals surface area contributed by atoms with Gasteiger partial charge in [-0.25, -0.2) is 4.39 Å². The summed E-state index contributed by atoms with van der Waals surface area (Å²) >= 11 is 0. The number of hydrogen-bond acceptors (Lipinski definition) is 3. The Morgan fingerprint density at radius 2 is 1.83 bits per heavy atom. The van der Waals surface area contributed by atoms with E-state index in [-0.39, 0.29) is 17.2 Å². The molecule has 0 unspecified atom stereocenters. The standard InChI is InChI=1S/C18H15FN2O2/c1-23-13-6-4-5-12(11-13)18-17(20)15(9-10-21(18)22)14-7-2-3-8-16(14)19/h2-11H,20H2,1H3. The lowest BCUT2D eigenvalue weighted by atomic mass is 10.0. The zero-order valence-electron chi connectivity index (χ0n) is 12.5. The molecule has 0 radical (unpaired) electrons. The molecule has 23 heavy (non-hydrogen) atoms. The molecule has 0 saturated carbocycles. The monoisotopic (exact) mass is 310 g/mol. The van der Waals surface area contributed by atoms with Gasteiger partial charge in [0.05, 0.1) is 12.7 Å². The smallest absolute Gasteiger partial charge is 0.247 e. The van der Waals surface area contributed by atoms with E-state index in [4.69, 9.17) is 10.5 Å². The number of ether oxygens (including phenoxy) is 1. The third kappa shape index (κ3) is 2.68. The summed E-state index contributed by atoms with van der Waals surface area (Å²) < 4.78 is 19.9. The Labute approximate surface area is 133 Å². The number of halogens is 1. The van der Waals surface area contributed by atoms with Gasteiger partial charge in [0.1, 0.15) is 17.3 Å². The maximum absolute atomic E-state index is 14.0. The van der Waals surface area contributed by atoms with Crippen LogP contribution in [-0.2, 0) is 0 Å². The van der Waals surface area contributed by atoms with E-state index in [1.165, 1.54) is 18.3 Å². The topological polar surface area (TPSA) is 62.2 Å². The second kappa shape index (κ2) is 5.96. The summed E-state index contributed by atoms with van der Waals surface area (Å²) in [5.41, 5.74) is 8.11. The molecule has 5 heteroatoms. The van der Waals surface area contributed by atoms with E-state index >= 15 is 0 Å². The molecule has 0 aliphatic rings. The van der Waals surface area contributed by atoms with Crippen molar-refractivity contribution in [1.82, 2.24) is 0 Å². The van der Waals surface area contributed by atoms with Gasteiger partial charge in [0, 0.05) is 17.2 Å². The van der Waals surface area contributed by atoms with Gasteiger partial charge in [-0.2, -0.15) is 4.73 Å². The van der Waals surface area contributed by atoms with Crippen LogP contribution in [0.5, 0.6) is 5.75 Å². The molecule has 1 heterocycles. The molecular weight excluding hydrogens is 295 g/mol. The molecule has 0 aliphatic heterocycles. The minimum absolute atomic E-state index is 0.223. The van der Waals surface area contributed by atoms with Crippen LogP contribution in [0.15, 0.2) is 60.8 Å². The van der Waals surface area contributed by atoms with E-state index in [1.54, 1.807) is 49.6 Å². The van der Waals surface area contributed by atoms with Crippen LogP contribution in [0.25, 0.3) is 22.4 Å². The maximum atomic E-state index is 14.0. The normalized spacial score (nSPS) is 10.5. The largest absolute Gasteiger partial charge is 0.618 e. The quantitative estimate of drug-likeness (QED) is 0.596. The first-order chi connectivity index (χ1) is 11.1. The van der Waals surface area contributed by atoms with Crippen molar-refractivity contribution in [2.24, 2.45) is 0 Å². The lowest BCUT2D eigenvalue weighted by Gasteiger charge is -2.12. The Kier molecular flexibility index (Phi) is 3.85. The highest BCUT2D eigenvalue weighted by Gasteiger charge is 2.20. The Morgan fingerprint density at radius 3 is 2.57 bits per heavy atom. The number of nitrogens with zero attached hydrogens (tertiary/aromatic N) is 1. The molecule has 2 N–H and O–H groups in total. The van der Waals surface area contributed by atoms with Gasteiger partial charge in [-0.1, -0.05) is 24.3 Å². The molecule has 0 amide bonds. The predicted octanol–water partition coefficient (Wildman–Crippen LogP) is 3.38. The highest BCUT2D eigenvalue weighted by atomic mass is 19.1. The lowest BCUT2D eigenvalue weighted by molar-refractivity contribution is -0.592. The number of hydrogen-bond donors (Lipinski definition) is 1. The van der Waals surface area contributed by atoms with Gasteiger partial charge in [0.15, 0.2) is 6.20 Å². The number of nitrogens with two attached hydrogens (primary N) is 1. The van der Waals surface area contributed by atoms with E-state index < -0.39 is 0 Å². The minimum atomic E-state index is -0.389. The summed E-state index contributed by atoms with van der Waals surface area (Å²) in [5.74, 6) is 0.220. The molecule has 1 aromatic heterocycles. The molecule has 0 bridgehead atoms. The molecule has 0 aliphatic carbocycles. The fourth-order valence-electron chi connectivity index (χ4n) is 2.52. The van der Waals surface area contributed by atoms with Crippen molar-refractivity contribution in [3.05, 3.63) is 71.8 Å². The van der Waals surface area contributed by atoms with Crippen LogP contribution in [0.3, 0.4) is 0 Å². The first-order valence-corrected chi connectivity index (χ1v) is 7.03. The zero-order chi connectivity index (χ0) is 16.4. The fourth-order valence-corrected chi connectivity index (χ4v) is 2.52. The number of nitrogen functional groups attached to an aromatic ring is 1. The van der Waals surface area contributed by atoms with Crippen molar-refractivity contribution in [2.75, 3.05) is 12.8 Å². The predicted molar refractivity (Wildman–Crippen MR) is 87.2 cm³/mol. The first kappa shape index (κ1) is 14.8. The Balaban J connectivity index is 2.22. The summed E-state index contributed by atoms with van der Waals surface area (Å²) in [6.45, 7) is 0. The van der Waals surface area contributed by atoms with Crippen LogP contribution in [0.2, 0.25) is 0 Å². The third-order valence-electron chi connectivity index (χ3n) is 3.65. The number of benzene rings is 2. The second-order valence-electron chi connectivity index (χ2n) is 5.03. The average molecular weight is 310 g/mol. The molecule has 0 fully saturated rings. The van der Waals surface area contributed by atoms with Crippen LogP contribution in [0.4, 0.5) is 10.1 Å². The van der Waals surface area contributed by atoms with E-state index in [0.717, 1.165) is 0 Å². The summed E-state index contributed by atoms with van der Waals surface area (Å²) in [5, 5.41) is 12.2. The molecule has 3 rings (SSSR count). The molecule has 2 aromatic carbocycles. The zero-order valence-corrected chi connectivity index (χ0v) is 12.5. The molecule has 3 aromatic rings. The number of anilines is 1. The van der Waals surface area contributed by atoms with Gasteiger partial charge >= 0.3 is 0 Å². The van der Waals surface area contributed by atoms with Crippen molar-refractivity contribution in [3.63, 3.8) is 0 Å². The van der Waals surface area contributed by atoms with Crippen molar-refractivity contribution in [2.45, 2.75) is 0 Å². The van der Waals surface area contributed by atoms with Crippen molar-refractivity contribution in [3.8, 4) is 28.1 Å². The van der Waals surface area contributed by atoms with Crippen LogP contribution >= 0.6 is 0 Å². The highest BCUT2D eigenvalue weighted by Crippen LogP contribution is 2.34. The minimum Gasteiger partial charge on any atom is -0.618 e. The van der Waals surface area contributed by atoms with E-state index in [2.05, 4.69) is 0 Å². The van der Waals surface area contributed by atoms with Crippen molar-refractivity contribution in [1.29, 1.82) is 0 Å². The molecule has 116 valence electrons. The van der Waals surface area contributed by atoms with Gasteiger partial charge in [0.25, 0.3) is 0 Å².